The lowest BCUT2D eigenvalue weighted by Gasteiger charge is -2.10. The normalized spacial score (nSPS) is 11.8. The van der Waals surface area contributed by atoms with Crippen LogP contribution in [0.1, 0.15) is 21.5 Å². The Morgan fingerprint density at radius 1 is 1.00 bits per heavy atom. The van der Waals surface area contributed by atoms with Crippen molar-refractivity contribution >= 4 is 11.9 Å². The molecule has 0 unspecified atom stereocenters. The minimum atomic E-state index is -4.61. The van der Waals surface area contributed by atoms with E-state index in [0.717, 1.165) is 18.2 Å². The van der Waals surface area contributed by atoms with E-state index in [0.29, 0.717) is 5.56 Å². The Balaban J connectivity index is 2.30. The third-order valence-corrected chi connectivity index (χ3v) is 2.92. The maximum Gasteiger partial charge on any atom is 0.417 e. The standard InChI is InChI=1S/C16H11F3O3/c17-16(18,19)12-4-2-1-3-11(12)13(20)7-5-10-6-8-14(21)15(22)9-10/h1-9,21-22H. The molecule has 0 bridgehead atoms. The minimum absolute atomic E-state index is 0.328. The number of alkyl halides is 3. The highest BCUT2D eigenvalue weighted by atomic mass is 19.4. The molecular weight excluding hydrogens is 297 g/mol. The van der Waals surface area contributed by atoms with Crippen molar-refractivity contribution in [3.63, 3.8) is 0 Å². The molecular formula is C16H11F3O3. The summed E-state index contributed by atoms with van der Waals surface area (Å²) in [4.78, 5) is 11.9. The molecule has 0 saturated carbocycles. The highest BCUT2D eigenvalue weighted by Crippen LogP contribution is 2.32. The fourth-order valence-corrected chi connectivity index (χ4v) is 1.85. The number of phenols is 2. The molecule has 0 heterocycles. The van der Waals surface area contributed by atoms with Gasteiger partial charge < -0.3 is 10.2 Å². The van der Waals surface area contributed by atoms with E-state index >= 15 is 0 Å². The van der Waals surface area contributed by atoms with Crippen LogP contribution in [0.4, 0.5) is 13.2 Å². The first-order chi connectivity index (χ1) is 10.3. The van der Waals surface area contributed by atoms with Crippen LogP contribution in [-0.4, -0.2) is 16.0 Å². The monoisotopic (exact) mass is 308 g/mol. The maximum absolute atomic E-state index is 12.8. The molecule has 0 fully saturated rings. The number of hydrogen-bond acceptors (Lipinski definition) is 3. The second-order valence-corrected chi connectivity index (χ2v) is 4.49. The van der Waals surface area contributed by atoms with Crippen molar-refractivity contribution in [3.8, 4) is 11.5 Å². The highest BCUT2D eigenvalue weighted by molar-refractivity contribution is 6.07. The highest BCUT2D eigenvalue weighted by Gasteiger charge is 2.34. The molecule has 0 spiro atoms. The second-order valence-electron chi connectivity index (χ2n) is 4.49. The van der Waals surface area contributed by atoms with E-state index in [-0.39, 0.29) is 11.5 Å². The molecule has 0 radical (unpaired) electrons. The Labute approximate surface area is 124 Å². The Bertz CT molecular complexity index is 734. The Hall–Kier alpha value is -2.76. The summed E-state index contributed by atoms with van der Waals surface area (Å²) in [5.74, 6) is -1.52. The van der Waals surface area contributed by atoms with Gasteiger partial charge in [0.15, 0.2) is 17.3 Å². The average molecular weight is 308 g/mol. The van der Waals surface area contributed by atoms with Crippen molar-refractivity contribution < 1.29 is 28.2 Å². The predicted molar refractivity (Wildman–Crippen MR) is 74.6 cm³/mol. The Kier molecular flexibility index (Phi) is 4.21. The average Bonchev–Trinajstić information content (AvgIpc) is 2.47. The summed E-state index contributed by atoms with van der Waals surface area (Å²) in [5.41, 5.74) is -1.08. The van der Waals surface area contributed by atoms with Crippen LogP contribution in [-0.2, 0) is 6.18 Å². The van der Waals surface area contributed by atoms with Crippen LogP contribution in [0.25, 0.3) is 6.08 Å². The van der Waals surface area contributed by atoms with Gasteiger partial charge in [0.05, 0.1) is 5.56 Å². The zero-order valence-corrected chi connectivity index (χ0v) is 11.1. The minimum Gasteiger partial charge on any atom is -0.504 e. The van der Waals surface area contributed by atoms with Crippen molar-refractivity contribution in [1.29, 1.82) is 0 Å². The molecule has 3 nitrogen and oxygen atoms in total. The molecule has 2 aromatic carbocycles. The summed E-state index contributed by atoms with van der Waals surface area (Å²) in [7, 11) is 0. The molecule has 114 valence electrons. The molecule has 6 heteroatoms. The number of aromatic hydroxyl groups is 2. The number of phenolic OH excluding ortho intramolecular Hbond substituents is 2. The number of rotatable bonds is 3. The van der Waals surface area contributed by atoms with Gasteiger partial charge in [-0.3, -0.25) is 4.79 Å². The van der Waals surface area contributed by atoms with Crippen molar-refractivity contribution in [2.24, 2.45) is 0 Å². The summed E-state index contributed by atoms with van der Waals surface area (Å²) in [6.07, 6.45) is -2.37. The first-order valence-corrected chi connectivity index (χ1v) is 6.19. The number of ketones is 1. The SMILES string of the molecule is O=C(C=Cc1ccc(O)c(O)c1)c1ccccc1C(F)(F)F. The molecule has 0 amide bonds. The summed E-state index contributed by atoms with van der Waals surface area (Å²) in [6.45, 7) is 0. The molecule has 0 atom stereocenters. The Morgan fingerprint density at radius 3 is 2.32 bits per heavy atom. The van der Waals surface area contributed by atoms with Gasteiger partial charge in [0.1, 0.15) is 0 Å². The van der Waals surface area contributed by atoms with E-state index in [4.69, 9.17) is 5.11 Å². The van der Waals surface area contributed by atoms with E-state index in [1.165, 1.54) is 36.4 Å². The van der Waals surface area contributed by atoms with Gasteiger partial charge in [-0.1, -0.05) is 30.3 Å². The largest absolute Gasteiger partial charge is 0.504 e. The number of carbonyl (C=O) groups is 1. The summed E-state index contributed by atoms with van der Waals surface area (Å²) < 4.78 is 38.5. The molecule has 0 aliphatic carbocycles. The molecule has 0 aliphatic heterocycles. The predicted octanol–water partition coefficient (Wildman–Crippen LogP) is 4.01. The van der Waals surface area contributed by atoms with Gasteiger partial charge in [-0.25, -0.2) is 0 Å². The van der Waals surface area contributed by atoms with Gasteiger partial charge in [0.2, 0.25) is 0 Å². The van der Waals surface area contributed by atoms with E-state index in [1.54, 1.807) is 0 Å². The van der Waals surface area contributed by atoms with Gasteiger partial charge in [-0.15, -0.1) is 0 Å². The van der Waals surface area contributed by atoms with Crippen LogP contribution in [0.3, 0.4) is 0 Å². The van der Waals surface area contributed by atoms with Crippen molar-refractivity contribution in [2.75, 3.05) is 0 Å². The third-order valence-electron chi connectivity index (χ3n) is 2.92. The van der Waals surface area contributed by atoms with Gasteiger partial charge in [-0.05, 0) is 29.8 Å². The van der Waals surface area contributed by atoms with Crippen LogP contribution >= 0.6 is 0 Å². The fourth-order valence-electron chi connectivity index (χ4n) is 1.85. The number of carbonyl (C=O) groups excluding carboxylic acids is 1. The lowest BCUT2D eigenvalue weighted by Crippen LogP contribution is -2.11. The second kappa shape index (κ2) is 5.93. The van der Waals surface area contributed by atoms with Crippen LogP contribution in [0.15, 0.2) is 48.5 Å². The van der Waals surface area contributed by atoms with Crippen molar-refractivity contribution in [1.82, 2.24) is 0 Å². The molecule has 0 aliphatic rings. The summed E-state index contributed by atoms with van der Waals surface area (Å²) in [5, 5.41) is 18.5. The molecule has 2 aromatic rings. The van der Waals surface area contributed by atoms with Crippen LogP contribution in [0.2, 0.25) is 0 Å². The lowest BCUT2D eigenvalue weighted by atomic mass is 10.0. The summed E-state index contributed by atoms with van der Waals surface area (Å²) >= 11 is 0. The van der Waals surface area contributed by atoms with Gasteiger partial charge in [-0.2, -0.15) is 13.2 Å². The quantitative estimate of drug-likeness (QED) is 0.511. The molecule has 0 saturated heterocycles. The molecule has 2 rings (SSSR count). The summed E-state index contributed by atoms with van der Waals surface area (Å²) in [6, 6.07) is 8.31. The van der Waals surface area contributed by atoms with E-state index in [2.05, 4.69) is 0 Å². The van der Waals surface area contributed by atoms with Crippen LogP contribution in [0, 0.1) is 0 Å². The zero-order valence-electron chi connectivity index (χ0n) is 11.1. The van der Waals surface area contributed by atoms with Crippen molar-refractivity contribution in [2.45, 2.75) is 6.18 Å². The number of benzene rings is 2. The first-order valence-electron chi connectivity index (χ1n) is 6.19. The van der Waals surface area contributed by atoms with Gasteiger partial charge >= 0.3 is 6.18 Å². The lowest BCUT2D eigenvalue weighted by molar-refractivity contribution is -0.137. The van der Waals surface area contributed by atoms with Crippen molar-refractivity contribution in [3.05, 3.63) is 65.2 Å². The first kappa shape index (κ1) is 15.6. The third kappa shape index (κ3) is 3.46. The fraction of sp³-hybridized carbons (Fsp3) is 0.0625. The van der Waals surface area contributed by atoms with Gasteiger partial charge in [0.25, 0.3) is 0 Å². The molecule has 22 heavy (non-hydrogen) atoms. The molecule has 0 aromatic heterocycles. The van der Waals surface area contributed by atoms with E-state index in [9.17, 15) is 23.1 Å². The van der Waals surface area contributed by atoms with E-state index in [1.807, 2.05) is 0 Å². The zero-order chi connectivity index (χ0) is 16.3. The number of halogens is 3. The number of allylic oxidation sites excluding steroid dienone is 1. The van der Waals surface area contributed by atoms with Crippen LogP contribution < -0.4 is 0 Å². The smallest absolute Gasteiger partial charge is 0.417 e. The maximum atomic E-state index is 12.8. The van der Waals surface area contributed by atoms with Crippen LogP contribution in [0.5, 0.6) is 11.5 Å². The van der Waals surface area contributed by atoms with E-state index < -0.39 is 23.1 Å². The van der Waals surface area contributed by atoms with Gasteiger partial charge in [0, 0.05) is 5.56 Å². The topological polar surface area (TPSA) is 57.5 Å². The molecule has 2 N–H and O–H groups in total. The Morgan fingerprint density at radius 2 is 1.68 bits per heavy atom. The number of hydrogen-bond donors (Lipinski definition) is 2.